The van der Waals surface area contributed by atoms with Crippen molar-refractivity contribution in [2.75, 3.05) is 32.6 Å². The van der Waals surface area contributed by atoms with Crippen LogP contribution in [0.2, 0.25) is 0 Å². The fraction of sp³-hybridized carbons (Fsp3) is 0.333. The Kier molecular flexibility index (Phi) is 5.40. The summed E-state index contributed by atoms with van der Waals surface area (Å²) < 4.78 is 5.68. The normalized spacial score (nSPS) is 15.1. The second kappa shape index (κ2) is 8.29. The Morgan fingerprint density at radius 2 is 2.00 bits per heavy atom. The third-order valence-electron chi connectivity index (χ3n) is 5.29. The van der Waals surface area contributed by atoms with Gasteiger partial charge in [0.05, 0.1) is 19.0 Å². The van der Waals surface area contributed by atoms with E-state index in [0.29, 0.717) is 17.6 Å². The first kappa shape index (κ1) is 18.9. The van der Waals surface area contributed by atoms with Crippen LogP contribution >= 0.6 is 0 Å². The van der Waals surface area contributed by atoms with Gasteiger partial charge in [-0.3, -0.25) is 5.10 Å². The summed E-state index contributed by atoms with van der Waals surface area (Å²) in [5.41, 5.74) is 3.14. The highest BCUT2D eigenvalue weighted by atomic mass is 16.5. The van der Waals surface area contributed by atoms with E-state index in [0.717, 1.165) is 30.1 Å². The van der Waals surface area contributed by atoms with Gasteiger partial charge in [-0.25, -0.2) is 4.98 Å². The predicted molar refractivity (Wildman–Crippen MR) is 112 cm³/mol. The van der Waals surface area contributed by atoms with Crippen LogP contribution in [0, 0.1) is 6.57 Å². The zero-order chi connectivity index (χ0) is 20.2. The Hall–Kier alpha value is -3.44. The molecule has 0 saturated carbocycles. The molecule has 8 nitrogen and oxygen atoms in total. The Balaban J connectivity index is 1.52. The van der Waals surface area contributed by atoms with Crippen molar-refractivity contribution in [1.82, 2.24) is 25.1 Å². The fourth-order valence-corrected chi connectivity index (χ4v) is 3.62. The van der Waals surface area contributed by atoms with Crippen LogP contribution in [0.3, 0.4) is 0 Å². The lowest BCUT2D eigenvalue weighted by Gasteiger charge is -2.29. The van der Waals surface area contributed by atoms with E-state index in [-0.39, 0.29) is 5.82 Å². The molecule has 0 atom stereocenters. The molecule has 29 heavy (non-hydrogen) atoms. The number of likely N-dealkylation sites (tertiary alicyclic amines) is 1. The summed E-state index contributed by atoms with van der Waals surface area (Å²) in [4.78, 5) is 13.8. The molecule has 1 fully saturated rings. The number of benzene rings is 1. The highest BCUT2D eigenvalue weighted by Crippen LogP contribution is 2.35. The number of rotatable bonds is 5. The summed E-state index contributed by atoms with van der Waals surface area (Å²) >= 11 is 0. The number of methoxy groups -OCH3 is 1. The predicted octanol–water partition coefficient (Wildman–Crippen LogP) is 3.98. The van der Waals surface area contributed by atoms with Crippen molar-refractivity contribution in [3.8, 4) is 17.0 Å². The molecule has 3 aromatic rings. The van der Waals surface area contributed by atoms with Gasteiger partial charge in [-0.05, 0) is 56.6 Å². The number of ether oxygens (including phenoxy) is 1. The lowest BCUT2D eigenvalue weighted by molar-refractivity contribution is 0.255. The van der Waals surface area contributed by atoms with Crippen molar-refractivity contribution in [3.05, 3.63) is 53.6 Å². The van der Waals surface area contributed by atoms with E-state index in [1.807, 2.05) is 6.07 Å². The minimum Gasteiger partial charge on any atom is -0.496 e. The van der Waals surface area contributed by atoms with E-state index >= 15 is 0 Å². The van der Waals surface area contributed by atoms with Gasteiger partial charge in [-0.1, -0.05) is 12.6 Å². The first-order chi connectivity index (χ1) is 14.2. The van der Waals surface area contributed by atoms with Gasteiger partial charge >= 0.3 is 0 Å². The van der Waals surface area contributed by atoms with E-state index < -0.39 is 0 Å². The van der Waals surface area contributed by atoms with Gasteiger partial charge in [-0.15, -0.1) is 4.98 Å². The zero-order valence-corrected chi connectivity index (χ0v) is 16.5. The highest BCUT2D eigenvalue weighted by molar-refractivity contribution is 5.71. The maximum atomic E-state index is 6.93. The Labute approximate surface area is 169 Å². The van der Waals surface area contributed by atoms with Crippen LogP contribution in [0.1, 0.15) is 24.3 Å². The van der Waals surface area contributed by atoms with Gasteiger partial charge in [-0.2, -0.15) is 5.10 Å². The van der Waals surface area contributed by atoms with Crippen molar-refractivity contribution < 1.29 is 4.74 Å². The number of aromatic amines is 1. The summed E-state index contributed by atoms with van der Waals surface area (Å²) in [5.74, 6) is 2.81. The molecule has 2 aromatic heterocycles. The summed E-state index contributed by atoms with van der Waals surface area (Å²) in [6.45, 7) is 9.19. The van der Waals surface area contributed by atoms with Gasteiger partial charge in [0.15, 0.2) is 17.8 Å². The van der Waals surface area contributed by atoms with Crippen LogP contribution in [-0.4, -0.2) is 52.3 Å². The molecule has 3 heterocycles. The monoisotopic (exact) mass is 389 g/mol. The largest absolute Gasteiger partial charge is 0.496 e. The topological polar surface area (TPSA) is 83.3 Å². The molecule has 0 radical (unpaired) electrons. The van der Waals surface area contributed by atoms with Crippen LogP contribution in [-0.2, 0) is 0 Å². The average molecular weight is 389 g/mol. The van der Waals surface area contributed by atoms with E-state index in [4.69, 9.17) is 11.3 Å². The summed E-state index contributed by atoms with van der Waals surface area (Å²) in [7, 11) is 3.87. The maximum absolute atomic E-state index is 6.93. The first-order valence-corrected chi connectivity index (χ1v) is 9.55. The maximum Gasteiger partial charge on any atom is 0.288 e. The van der Waals surface area contributed by atoms with Crippen LogP contribution in [0.4, 0.5) is 17.5 Å². The molecular formula is C21H23N7O. The minimum absolute atomic E-state index is 0.257. The third-order valence-corrected chi connectivity index (χ3v) is 5.29. The highest BCUT2D eigenvalue weighted by Gasteiger charge is 2.20. The lowest BCUT2D eigenvalue weighted by Crippen LogP contribution is -2.29. The molecule has 0 aliphatic carbocycles. The lowest BCUT2D eigenvalue weighted by atomic mass is 9.88. The van der Waals surface area contributed by atoms with Gasteiger partial charge < -0.3 is 19.8 Å². The van der Waals surface area contributed by atoms with Crippen LogP contribution in [0.15, 0.2) is 36.7 Å². The molecule has 0 bridgehead atoms. The molecule has 0 spiro atoms. The van der Waals surface area contributed by atoms with Crippen molar-refractivity contribution in [1.29, 1.82) is 0 Å². The Morgan fingerprint density at radius 1 is 1.17 bits per heavy atom. The third kappa shape index (κ3) is 4.20. The average Bonchev–Trinajstić information content (AvgIpc) is 3.22. The fourth-order valence-electron chi connectivity index (χ4n) is 3.62. The molecule has 2 N–H and O–H groups in total. The van der Waals surface area contributed by atoms with E-state index in [1.54, 1.807) is 7.11 Å². The molecule has 1 saturated heterocycles. The second-order valence-corrected chi connectivity index (χ2v) is 7.20. The molecule has 1 aliphatic heterocycles. The number of aromatic nitrogens is 4. The SMILES string of the molecule is [C-]#[N+]c1cnc(Nc2cc(-c3ccc(C4CCN(C)CC4)cc3OC)[nH]n2)cn1. The molecule has 1 aromatic carbocycles. The minimum atomic E-state index is 0.257. The second-order valence-electron chi connectivity index (χ2n) is 7.20. The molecule has 1 aliphatic rings. The van der Waals surface area contributed by atoms with Gasteiger partial charge in [0.2, 0.25) is 0 Å². The standard InChI is InChI=1S/C21H23N7O/c1-22-20-12-24-21(13-23-20)25-19-11-17(26-27-19)16-5-4-15(10-18(16)29-3)14-6-8-28(2)9-7-14/h4-5,10-14H,6-9H2,2-3H3,(H2,24,25,26,27). The molecule has 4 rings (SSSR count). The summed E-state index contributed by atoms with van der Waals surface area (Å²) in [5, 5.41) is 10.4. The molecule has 0 unspecified atom stereocenters. The number of anilines is 2. The quantitative estimate of drug-likeness (QED) is 0.642. The van der Waals surface area contributed by atoms with E-state index in [1.165, 1.54) is 30.8 Å². The molecule has 148 valence electrons. The van der Waals surface area contributed by atoms with Crippen LogP contribution < -0.4 is 10.1 Å². The van der Waals surface area contributed by atoms with Crippen LogP contribution in [0.5, 0.6) is 5.75 Å². The van der Waals surface area contributed by atoms with Gasteiger partial charge in [0.25, 0.3) is 5.82 Å². The smallest absolute Gasteiger partial charge is 0.288 e. The zero-order valence-electron chi connectivity index (χ0n) is 16.5. The number of nitrogens with zero attached hydrogens (tertiary/aromatic N) is 5. The van der Waals surface area contributed by atoms with Crippen molar-refractivity contribution in [2.45, 2.75) is 18.8 Å². The number of hydrogen-bond donors (Lipinski definition) is 2. The number of H-pyrrole nitrogens is 1. The van der Waals surface area contributed by atoms with Crippen molar-refractivity contribution >= 4 is 17.5 Å². The summed E-state index contributed by atoms with van der Waals surface area (Å²) in [6.07, 6.45) is 5.28. The number of hydrogen-bond acceptors (Lipinski definition) is 6. The summed E-state index contributed by atoms with van der Waals surface area (Å²) in [6, 6.07) is 8.33. The van der Waals surface area contributed by atoms with Gasteiger partial charge in [0.1, 0.15) is 5.75 Å². The van der Waals surface area contributed by atoms with Crippen molar-refractivity contribution in [2.24, 2.45) is 0 Å². The number of nitrogens with one attached hydrogen (secondary N) is 2. The van der Waals surface area contributed by atoms with Gasteiger partial charge in [0, 0.05) is 11.6 Å². The Bertz CT molecular complexity index is 1010. The first-order valence-electron chi connectivity index (χ1n) is 9.55. The molecule has 0 amide bonds. The van der Waals surface area contributed by atoms with E-state index in [9.17, 15) is 0 Å². The molecular weight excluding hydrogens is 366 g/mol. The molecule has 8 heteroatoms. The van der Waals surface area contributed by atoms with Crippen molar-refractivity contribution in [3.63, 3.8) is 0 Å². The number of piperidine rings is 1. The van der Waals surface area contributed by atoms with E-state index in [2.05, 4.69) is 60.5 Å². The Morgan fingerprint density at radius 3 is 2.69 bits per heavy atom. The van der Waals surface area contributed by atoms with Crippen LogP contribution in [0.25, 0.3) is 16.1 Å².